The van der Waals surface area contributed by atoms with Gasteiger partial charge in [-0.1, -0.05) is 42.5 Å². The molecule has 2 aliphatic rings. The molecule has 49 heavy (non-hydrogen) atoms. The van der Waals surface area contributed by atoms with E-state index < -0.39 is 74.5 Å². The molecule has 16 heteroatoms. The van der Waals surface area contributed by atoms with Crippen molar-refractivity contribution >= 4 is 37.2 Å². The molecule has 1 unspecified atom stereocenters. The molecule has 0 radical (unpaired) electrons. The molecule has 1 aliphatic carbocycles. The summed E-state index contributed by atoms with van der Waals surface area (Å²) in [6.45, 7) is -1.36. The van der Waals surface area contributed by atoms with Crippen LogP contribution in [0.3, 0.4) is 0 Å². The summed E-state index contributed by atoms with van der Waals surface area (Å²) in [5.41, 5.74) is 1.34. The van der Waals surface area contributed by atoms with Crippen LogP contribution in [0.2, 0.25) is 0 Å². The minimum absolute atomic E-state index is 0.0525. The van der Waals surface area contributed by atoms with Crippen LogP contribution in [0.1, 0.15) is 29.5 Å². The van der Waals surface area contributed by atoms with Crippen molar-refractivity contribution in [2.24, 2.45) is 5.92 Å². The number of allylic oxidation sites excluding steroid dienone is 2. The van der Waals surface area contributed by atoms with E-state index >= 15 is 0 Å². The molecule has 2 aromatic carbocycles. The first-order valence-electron chi connectivity index (χ1n) is 15.1. The standard InChI is InChI=1S/C33H36F3NO10S2/c1-48(41,42)14-12-45-31(39)28-17-26(24-8-6-22(21-38)7-9-24)18-30(25-10-11-25)37(20-29(28)32(40)46-13-15-49(2,43)44)19-23-4-3-5-27(16-23)47-33(34,35)36/h3-9,16-18,20,25,30,38H,10-15,19,21H2,1-2H3. The zero-order chi connectivity index (χ0) is 36.0. The molecule has 1 aliphatic heterocycles. The Labute approximate surface area is 282 Å². The van der Waals surface area contributed by atoms with E-state index in [1.807, 2.05) is 6.08 Å². The second-order valence-electron chi connectivity index (χ2n) is 11.8. The summed E-state index contributed by atoms with van der Waals surface area (Å²) in [6.07, 6.45) is 3.14. The predicted molar refractivity (Wildman–Crippen MR) is 173 cm³/mol. The lowest BCUT2D eigenvalue weighted by molar-refractivity contribution is -0.274. The second kappa shape index (κ2) is 15.6. The monoisotopic (exact) mass is 727 g/mol. The molecule has 1 saturated carbocycles. The smallest absolute Gasteiger partial charge is 0.461 e. The molecule has 266 valence electrons. The Morgan fingerprint density at radius 2 is 1.47 bits per heavy atom. The molecule has 0 saturated heterocycles. The van der Waals surface area contributed by atoms with Gasteiger partial charge in [0.05, 0.1) is 35.3 Å². The van der Waals surface area contributed by atoms with Gasteiger partial charge >= 0.3 is 18.3 Å². The number of alkyl halides is 3. The van der Waals surface area contributed by atoms with Crippen LogP contribution in [0.25, 0.3) is 5.57 Å². The highest BCUT2D eigenvalue weighted by Crippen LogP contribution is 2.40. The number of benzene rings is 2. The molecule has 0 amide bonds. The molecule has 4 rings (SSSR count). The Morgan fingerprint density at radius 1 is 0.878 bits per heavy atom. The van der Waals surface area contributed by atoms with Crippen LogP contribution < -0.4 is 4.74 Å². The van der Waals surface area contributed by atoms with Gasteiger partial charge < -0.3 is 24.2 Å². The molecule has 1 N–H and O–H groups in total. The van der Waals surface area contributed by atoms with Crippen molar-refractivity contribution in [1.29, 1.82) is 0 Å². The number of aliphatic hydroxyl groups excluding tert-OH is 1. The zero-order valence-electron chi connectivity index (χ0n) is 26.7. The lowest BCUT2D eigenvalue weighted by Crippen LogP contribution is -2.34. The lowest BCUT2D eigenvalue weighted by atomic mass is 9.93. The van der Waals surface area contributed by atoms with Gasteiger partial charge in [0.15, 0.2) is 19.7 Å². The van der Waals surface area contributed by atoms with Crippen LogP contribution in [0.5, 0.6) is 5.75 Å². The number of aliphatic hydroxyl groups is 1. The first-order chi connectivity index (χ1) is 22.9. The molecular formula is C33H36F3NO10S2. The fraction of sp³-hybridized carbons (Fsp3) is 0.394. The highest BCUT2D eigenvalue weighted by Gasteiger charge is 2.37. The van der Waals surface area contributed by atoms with Gasteiger partial charge in [-0.25, -0.2) is 26.4 Å². The second-order valence-corrected chi connectivity index (χ2v) is 16.3. The van der Waals surface area contributed by atoms with E-state index in [1.165, 1.54) is 24.4 Å². The van der Waals surface area contributed by atoms with E-state index in [4.69, 9.17) is 9.47 Å². The minimum atomic E-state index is -4.93. The van der Waals surface area contributed by atoms with Crippen LogP contribution >= 0.6 is 0 Å². The van der Waals surface area contributed by atoms with Crippen molar-refractivity contribution in [3.8, 4) is 5.75 Å². The summed E-state index contributed by atoms with van der Waals surface area (Å²) in [4.78, 5) is 29.0. The predicted octanol–water partition coefficient (Wildman–Crippen LogP) is 3.74. The molecular weight excluding hydrogens is 691 g/mol. The molecule has 2 aromatic rings. The summed E-state index contributed by atoms with van der Waals surface area (Å²) in [6, 6.07) is 11.6. The molecule has 11 nitrogen and oxygen atoms in total. The number of ether oxygens (including phenoxy) is 3. The van der Waals surface area contributed by atoms with Crippen molar-refractivity contribution < 1.29 is 58.9 Å². The molecule has 0 bridgehead atoms. The number of esters is 2. The summed E-state index contributed by atoms with van der Waals surface area (Å²) in [5, 5.41) is 9.57. The number of halogens is 3. The summed E-state index contributed by atoms with van der Waals surface area (Å²) < 4.78 is 101. The summed E-state index contributed by atoms with van der Waals surface area (Å²) >= 11 is 0. The Morgan fingerprint density at radius 3 is 2.00 bits per heavy atom. The maximum atomic E-state index is 13.7. The fourth-order valence-electron chi connectivity index (χ4n) is 4.97. The maximum Gasteiger partial charge on any atom is 0.573 e. The van der Waals surface area contributed by atoms with Crippen LogP contribution in [-0.4, -0.2) is 88.4 Å². The normalized spacial score (nSPS) is 17.2. The number of carbonyl (C=O) groups is 2. The van der Waals surface area contributed by atoms with E-state index in [0.717, 1.165) is 31.4 Å². The summed E-state index contributed by atoms with van der Waals surface area (Å²) in [7, 11) is -7.07. The third kappa shape index (κ3) is 12.0. The van der Waals surface area contributed by atoms with Crippen molar-refractivity contribution in [3.05, 3.63) is 94.7 Å². The van der Waals surface area contributed by atoms with Gasteiger partial charge in [-0.15, -0.1) is 13.2 Å². The van der Waals surface area contributed by atoms with Crippen molar-refractivity contribution in [2.45, 2.75) is 38.4 Å². The Hall–Kier alpha value is -4.15. The van der Waals surface area contributed by atoms with E-state index in [2.05, 4.69) is 4.74 Å². The van der Waals surface area contributed by atoms with Gasteiger partial charge in [0.1, 0.15) is 19.0 Å². The van der Waals surface area contributed by atoms with Gasteiger partial charge in [-0.2, -0.15) is 0 Å². The Kier molecular flexibility index (Phi) is 12.0. The van der Waals surface area contributed by atoms with Crippen molar-refractivity contribution in [1.82, 2.24) is 4.90 Å². The topological polar surface area (TPSA) is 154 Å². The van der Waals surface area contributed by atoms with Crippen molar-refractivity contribution in [2.75, 3.05) is 37.2 Å². The Balaban J connectivity index is 1.87. The van der Waals surface area contributed by atoms with Gasteiger partial charge in [-0.05, 0) is 59.2 Å². The third-order valence-electron chi connectivity index (χ3n) is 7.50. The molecule has 1 heterocycles. The quantitative estimate of drug-likeness (QED) is 0.283. The maximum absolute atomic E-state index is 13.7. The van der Waals surface area contributed by atoms with E-state index in [-0.39, 0.29) is 30.2 Å². The van der Waals surface area contributed by atoms with Gasteiger partial charge in [0.25, 0.3) is 0 Å². The van der Waals surface area contributed by atoms with Crippen LogP contribution in [0, 0.1) is 5.92 Å². The lowest BCUT2D eigenvalue weighted by Gasteiger charge is -2.32. The molecule has 0 aromatic heterocycles. The number of rotatable bonds is 14. The first-order valence-corrected chi connectivity index (χ1v) is 19.2. The first kappa shape index (κ1) is 37.7. The zero-order valence-corrected chi connectivity index (χ0v) is 28.3. The molecule has 1 fully saturated rings. The van der Waals surface area contributed by atoms with Crippen LogP contribution in [-0.2, 0) is 51.9 Å². The number of nitrogens with zero attached hydrogens (tertiary/aromatic N) is 1. The van der Waals surface area contributed by atoms with Crippen LogP contribution in [0.4, 0.5) is 13.2 Å². The molecule has 0 spiro atoms. The Bertz CT molecular complexity index is 1850. The summed E-state index contributed by atoms with van der Waals surface area (Å²) in [5.74, 6) is -3.57. The third-order valence-corrected chi connectivity index (χ3v) is 9.32. The van der Waals surface area contributed by atoms with Crippen LogP contribution in [0.15, 0.2) is 78.0 Å². The number of carbonyl (C=O) groups excluding carboxylic acids is 2. The largest absolute Gasteiger partial charge is 0.573 e. The van der Waals surface area contributed by atoms with E-state index in [1.54, 1.807) is 35.2 Å². The SMILES string of the molecule is CS(=O)(=O)CCOC(=O)C1=CC(c2ccc(CO)cc2)=CC(C2CC2)N(Cc2cccc(OC(F)(F)F)c2)C=C1C(=O)OCCS(C)(=O)=O. The highest BCUT2D eigenvalue weighted by molar-refractivity contribution is 7.90. The van der Waals surface area contributed by atoms with E-state index in [0.29, 0.717) is 22.3 Å². The minimum Gasteiger partial charge on any atom is -0.461 e. The van der Waals surface area contributed by atoms with Gasteiger partial charge in [-0.3, -0.25) is 0 Å². The number of sulfone groups is 2. The number of hydrogen-bond donors (Lipinski definition) is 1. The number of hydrogen-bond acceptors (Lipinski definition) is 11. The van der Waals surface area contributed by atoms with Gasteiger partial charge in [0.2, 0.25) is 0 Å². The highest BCUT2D eigenvalue weighted by atomic mass is 32.2. The fourth-order valence-corrected chi connectivity index (χ4v) is 5.74. The van der Waals surface area contributed by atoms with E-state index in [9.17, 15) is 44.7 Å². The van der Waals surface area contributed by atoms with Gasteiger partial charge in [0, 0.05) is 25.3 Å². The molecule has 1 atom stereocenters. The van der Waals surface area contributed by atoms with Crippen molar-refractivity contribution in [3.63, 3.8) is 0 Å². The average molecular weight is 728 g/mol. The average Bonchev–Trinajstić information content (AvgIpc) is 3.82.